The minimum absolute atomic E-state index is 0.0482. The highest BCUT2D eigenvalue weighted by atomic mass is 16.4. The number of unbranched alkanes of at least 4 members (excludes halogenated alkanes) is 2. The van der Waals surface area contributed by atoms with Crippen LogP contribution in [0.4, 0.5) is 0 Å². The zero-order chi connectivity index (χ0) is 20.4. The Morgan fingerprint density at radius 3 is 2.63 bits per heavy atom. The minimum atomic E-state index is -0.803. The molecule has 0 amide bonds. The van der Waals surface area contributed by atoms with E-state index in [9.17, 15) is 19.8 Å². The minimum Gasteiger partial charge on any atom is -0.481 e. The maximum atomic E-state index is 12.2. The zero-order valence-electron chi connectivity index (χ0n) is 16.9. The second kappa shape index (κ2) is 11.4. The molecule has 1 aliphatic carbocycles. The summed E-state index contributed by atoms with van der Waals surface area (Å²) in [7, 11) is 0. The number of aliphatic hydroxyl groups excluding tert-OH is 2. The van der Waals surface area contributed by atoms with Crippen LogP contribution in [0, 0.1) is 17.3 Å². The lowest BCUT2D eigenvalue weighted by Crippen LogP contribution is -2.28. The average Bonchev–Trinajstić information content (AvgIpc) is 2.86. The molecule has 0 bridgehead atoms. The van der Waals surface area contributed by atoms with Gasteiger partial charge < -0.3 is 15.3 Å². The maximum Gasteiger partial charge on any atom is 0.303 e. The number of aliphatic hydroxyl groups is 2. The third-order valence-electron chi connectivity index (χ3n) is 5.54. The summed E-state index contributed by atoms with van der Waals surface area (Å²) < 4.78 is 0. The zero-order valence-corrected chi connectivity index (χ0v) is 16.9. The van der Waals surface area contributed by atoms with Crippen molar-refractivity contribution in [2.24, 2.45) is 17.3 Å². The number of carboxylic acids is 1. The van der Waals surface area contributed by atoms with Crippen LogP contribution in [-0.4, -0.2) is 39.3 Å². The van der Waals surface area contributed by atoms with E-state index in [1.54, 1.807) is 6.08 Å². The van der Waals surface area contributed by atoms with Gasteiger partial charge in [-0.1, -0.05) is 57.9 Å². The quantitative estimate of drug-likeness (QED) is 0.353. The van der Waals surface area contributed by atoms with Gasteiger partial charge in [-0.25, -0.2) is 0 Å². The van der Waals surface area contributed by atoms with Gasteiger partial charge in [0.1, 0.15) is 5.78 Å². The molecule has 5 nitrogen and oxygen atoms in total. The summed E-state index contributed by atoms with van der Waals surface area (Å²) in [6.45, 7) is 6.19. The van der Waals surface area contributed by atoms with Gasteiger partial charge in [0.2, 0.25) is 0 Å². The van der Waals surface area contributed by atoms with Gasteiger partial charge in [-0.3, -0.25) is 9.59 Å². The first kappa shape index (κ1) is 23.6. The number of hydrogen-bond donors (Lipinski definition) is 3. The fourth-order valence-corrected chi connectivity index (χ4v) is 3.53. The van der Waals surface area contributed by atoms with Crippen molar-refractivity contribution in [2.45, 2.75) is 84.3 Å². The van der Waals surface area contributed by atoms with E-state index in [1.165, 1.54) is 0 Å². The van der Waals surface area contributed by atoms with Crippen LogP contribution in [0.3, 0.4) is 0 Å². The molecule has 0 aromatic carbocycles. The molecule has 0 unspecified atom stereocenters. The molecule has 1 rings (SSSR count). The first-order valence-corrected chi connectivity index (χ1v) is 10.1. The Hall–Kier alpha value is -1.46. The van der Waals surface area contributed by atoms with E-state index in [2.05, 4.69) is 6.92 Å². The van der Waals surface area contributed by atoms with Crippen molar-refractivity contribution in [1.82, 2.24) is 0 Å². The molecule has 0 aliphatic heterocycles. The van der Waals surface area contributed by atoms with Gasteiger partial charge in [-0.05, 0) is 31.1 Å². The van der Waals surface area contributed by atoms with Crippen molar-refractivity contribution in [1.29, 1.82) is 0 Å². The van der Waals surface area contributed by atoms with Crippen LogP contribution in [0.5, 0.6) is 0 Å². The Kier molecular flexibility index (Phi) is 9.95. The SMILES string of the molecule is CCCCC(C)(C)[C@@H](O)/C=C/[C@H]1[C@H](O)CC(=O)[C@@H]1C/C=C\CCCC(=O)O. The molecule has 3 N–H and O–H groups in total. The number of aliphatic carboxylic acids is 1. The smallest absolute Gasteiger partial charge is 0.303 e. The van der Waals surface area contributed by atoms with Gasteiger partial charge in [0.15, 0.2) is 0 Å². The van der Waals surface area contributed by atoms with Crippen molar-refractivity contribution >= 4 is 11.8 Å². The molecule has 0 aromatic heterocycles. The van der Waals surface area contributed by atoms with Crippen molar-refractivity contribution in [3.63, 3.8) is 0 Å². The van der Waals surface area contributed by atoms with Crippen LogP contribution < -0.4 is 0 Å². The largest absolute Gasteiger partial charge is 0.481 e. The highest BCUT2D eigenvalue weighted by molar-refractivity contribution is 5.84. The fraction of sp³-hybridized carbons (Fsp3) is 0.727. The second-order valence-electron chi connectivity index (χ2n) is 8.34. The van der Waals surface area contributed by atoms with Crippen LogP contribution >= 0.6 is 0 Å². The standard InChI is InChI=1S/C22H36O5/c1-4-5-14-22(2,3)20(25)13-12-17-16(18(23)15-19(17)24)10-8-6-7-9-11-21(26)27/h6,8,12-13,16-17,19-20,24-25H,4-5,7,9-11,14-15H2,1-3H3,(H,26,27)/b8-6-,13-12+/t16-,17-,19-,20+/m1/s1. The molecule has 5 heteroatoms. The third kappa shape index (κ3) is 7.97. The summed E-state index contributed by atoms with van der Waals surface area (Å²) in [6, 6.07) is 0. The molecule has 1 saturated carbocycles. The van der Waals surface area contributed by atoms with Gasteiger partial charge in [-0.2, -0.15) is 0 Å². The van der Waals surface area contributed by atoms with E-state index in [1.807, 2.05) is 32.1 Å². The monoisotopic (exact) mass is 380 g/mol. The normalized spacial score (nSPS) is 24.9. The van der Waals surface area contributed by atoms with Crippen molar-refractivity contribution in [3.8, 4) is 0 Å². The molecular weight excluding hydrogens is 344 g/mol. The Balaban J connectivity index is 2.63. The second-order valence-corrected chi connectivity index (χ2v) is 8.34. The summed E-state index contributed by atoms with van der Waals surface area (Å²) in [5.41, 5.74) is -0.236. The first-order valence-electron chi connectivity index (χ1n) is 10.1. The lowest BCUT2D eigenvalue weighted by molar-refractivity contribution is -0.137. The molecule has 154 valence electrons. The average molecular weight is 381 g/mol. The van der Waals surface area contributed by atoms with Gasteiger partial charge in [0.05, 0.1) is 12.2 Å². The van der Waals surface area contributed by atoms with Crippen molar-refractivity contribution < 1.29 is 24.9 Å². The number of ketones is 1. The molecule has 1 aliphatic rings. The number of carbonyl (C=O) groups excluding carboxylic acids is 1. The van der Waals surface area contributed by atoms with E-state index in [-0.39, 0.29) is 35.9 Å². The number of rotatable bonds is 12. The first-order chi connectivity index (χ1) is 12.7. The number of allylic oxidation sites excluding steroid dienone is 2. The summed E-state index contributed by atoms with van der Waals surface area (Å²) >= 11 is 0. The summed E-state index contributed by atoms with van der Waals surface area (Å²) in [5.74, 6) is -1.31. The van der Waals surface area contributed by atoms with Gasteiger partial charge in [-0.15, -0.1) is 0 Å². The van der Waals surface area contributed by atoms with E-state index < -0.39 is 18.2 Å². The topological polar surface area (TPSA) is 94.8 Å². The van der Waals surface area contributed by atoms with Crippen LogP contribution in [-0.2, 0) is 9.59 Å². The molecule has 0 radical (unpaired) electrons. The predicted octanol–water partition coefficient (Wildman–Crippen LogP) is 3.89. The lowest BCUT2D eigenvalue weighted by Gasteiger charge is -2.29. The summed E-state index contributed by atoms with van der Waals surface area (Å²) in [6.07, 6.45) is 11.2. The predicted molar refractivity (Wildman–Crippen MR) is 106 cm³/mol. The van der Waals surface area contributed by atoms with Gasteiger partial charge in [0, 0.05) is 24.7 Å². The van der Waals surface area contributed by atoms with Crippen LogP contribution in [0.1, 0.15) is 72.1 Å². The lowest BCUT2D eigenvalue weighted by atomic mass is 9.80. The number of Topliss-reactive ketones (excluding diaryl/α,β-unsaturated/α-hetero) is 1. The van der Waals surface area contributed by atoms with Crippen molar-refractivity contribution in [3.05, 3.63) is 24.3 Å². The molecule has 4 atom stereocenters. The maximum absolute atomic E-state index is 12.2. The molecule has 27 heavy (non-hydrogen) atoms. The Morgan fingerprint density at radius 1 is 1.30 bits per heavy atom. The van der Waals surface area contributed by atoms with E-state index >= 15 is 0 Å². The van der Waals surface area contributed by atoms with Crippen molar-refractivity contribution in [2.75, 3.05) is 0 Å². The van der Waals surface area contributed by atoms with Crippen LogP contribution in [0.15, 0.2) is 24.3 Å². The molecule has 0 heterocycles. The molecule has 0 aromatic rings. The fourth-order valence-electron chi connectivity index (χ4n) is 3.53. The highest BCUT2D eigenvalue weighted by Gasteiger charge is 2.39. The number of carbonyl (C=O) groups is 2. The Morgan fingerprint density at radius 2 is 2.00 bits per heavy atom. The number of hydrogen-bond acceptors (Lipinski definition) is 4. The van der Waals surface area contributed by atoms with E-state index in [4.69, 9.17) is 5.11 Å². The Bertz CT molecular complexity index is 535. The van der Waals surface area contributed by atoms with Gasteiger partial charge in [0.25, 0.3) is 0 Å². The van der Waals surface area contributed by atoms with E-state index in [0.29, 0.717) is 19.3 Å². The number of carboxylic acid groups (broad SMARTS) is 1. The molecule has 0 saturated heterocycles. The molecule has 1 fully saturated rings. The highest BCUT2D eigenvalue weighted by Crippen LogP contribution is 2.35. The van der Waals surface area contributed by atoms with E-state index in [0.717, 1.165) is 19.3 Å². The van der Waals surface area contributed by atoms with Gasteiger partial charge >= 0.3 is 5.97 Å². The summed E-state index contributed by atoms with van der Waals surface area (Å²) in [5, 5.41) is 29.4. The van der Waals surface area contributed by atoms with Crippen LogP contribution in [0.2, 0.25) is 0 Å². The molecular formula is C22H36O5. The Labute approximate surface area is 163 Å². The van der Waals surface area contributed by atoms with Crippen LogP contribution in [0.25, 0.3) is 0 Å². The summed E-state index contributed by atoms with van der Waals surface area (Å²) in [4.78, 5) is 22.7. The molecule has 0 spiro atoms. The third-order valence-corrected chi connectivity index (χ3v) is 5.54.